The fourth-order valence-corrected chi connectivity index (χ4v) is 2.65. The molecule has 0 radical (unpaired) electrons. The molecule has 5 nitrogen and oxygen atoms in total. The van der Waals surface area contributed by atoms with Crippen LogP contribution in [0.2, 0.25) is 0 Å². The summed E-state index contributed by atoms with van der Waals surface area (Å²) in [4.78, 5) is 22.8. The largest absolute Gasteiger partial charge is 0.465 e. The quantitative estimate of drug-likeness (QED) is 0.710. The highest BCUT2D eigenvalue weighted by Crippen LogP contribution is 2.53. The van der Waals surface area contributed by atoms with Crippen LogP contribution in [0.5, 0.6) is 0 Å². The minimum absolute atomic E-state index is 0.00738. The molecule has 2 rings (SSSR count). The zero-order chi connectivity index (χ0) is 11.0. The predicted molar refractivity (Wildman–Crippen MR) is 53.4 cm³/mol. The lowest BCUT2D eigenvalue weighted by Crippen LogP contribution is -2.30. The van der Waals surface area contributed by atoms with Crippen LogP contribution in [0, 0.1) is 17.8 Å². The van der Waals surface area contributed by atoms with Gasteiger partial charge >= 0.3 is 6.09 Å². The molecule has 2 aliphatic rings. The molecule has 0 bridgehead atoms. The van der Waals surface area contributed by atoms with Gasteiger partial charge in [0.15, 0.2) is 0 Å². The lowest BCUT2D eigenvalue weighted by atomic mass is 10.2. The molecule has 0 spiro atoms. The van der Waals surface area contributed by atoms with Crippen molar-refractivity contribution < 1.29 is 14.7 Å². The van der Waals surface area contributed by atoms with Gasteiger partial charge in [0.25, 0.3) is 0 Å². The number of amides is 2. The molecule has 2 fully saturated rings. The van der Waals surface area contributed by atoms with Crippen LogP contribution in [-0.4, -0.2) is 41.6 Å². The van der Waals surface area contributed by atoms with Crippen molar-refractivity contribution in [1.82, 2.24) is 10.2 Å². The molecule has 1 saturated carbocycles. The van der Waals surface area contributed by atoms with E-state index in [1.807, 2.05) is 0 Å². The highest BCUT2D eigenvalue weighted by atomic mass is 16.4. The van der Waals surface area contributed by atoms with E-state index < -0.39 is 6.09 Å². The minimum Gasteiger partial charge on any atom is -0.465 e. The van der Waals surface area contributed by atoms with Gasteiger partial charge in [-0.25, -0.2) is 4.79 Å². The number of hydrogen-bond acceptors (Lipinski definition) is 2. The van der Waals surface area contributed by atoms with E-state index in [-0.39, 0.29) is 5.91 Å². The summed E-state index contributed by atoms with van der Waals surface area (Å²) in [6.07, 6.45) is 0.186. The molecule has 1 aliphatic carbocycles. The molecule has 0 aromatic heterocycles. The molecule has 15 heavy (non-hydrogen) atoms. The van der Waals surface area contributed by atoms with Crippen LogP contribution in [0.1, 0.15) is 13.3 Å². The average Bonchev–Trinajstić information content (AvgIpc) is 2.59. The summed E-state index contributed by atoms with van der Waals surface area (Å²) in [5.74, 6) is 1.74. The van der Waals surface area contributed by atoms with Crippen molar-refractivity contribution in [2.24, 2.45) is 17.8 Å². The van der Waals surface area contributed by atoms with Crippen LogP contribution < -0.4 is 5.32 Å². The third-order valence-corrected chi connectivity index (χ3v) is 3.49. The predicted octanol–water partition coefficient (Wildman–Crippen LogP) is 0.368. The fourth-order valence-electron chi connectivity index (χ4n) is 2.65. The smallest absolute Gasteiger partial charge is 0.407 e. The van der Waals surface area contributed by atoms with Gasteiger partial charge in [-0.15, -0.1) is 0 Å². The number of likely N-dealkylation sites (tertiary alicyclic amines) is 1. The van der Waals surface area contributed by atoms with E-state index in [4.69, 9.17) is 5.11 Å². The fraction of sp³-hybridized carbons (Fsp3) is 0.800. The number of piperidine rings is 1. The summed E-state index contributed by atoms with van der Waals surface area (Å²) in [7, 11) is 0. The second kappa shape index (κ2) is 3.72. The summed E-state index contributed by atoms with van der Waals surface area (Å²) >= 11 is 0. The normalized spacial score (nSPS) is 32.3. The number of hydrogen-bond donors (Lipinski definition) is 2. The molecule has 2 N–H and O–H groups in total. The first-order valence-electron chi connectivity index (χ1n) is 5.32. The maximum Gasteiger partial charge on any atom is 0.407 e. The first kappa shape index (κ1) is 10.3. The summed E-state index contributed by atoms with van der Waals surface area (Å²) in [5.41, 5.74) is 0. The Morgan fingerprint density at radius 3 is 2.47 bits per heavy atom. The Hall–Kier alpha value is -1.26. The Morgan fingerprint density at radius 1 is 1.40 bits per heavy atom. The van der Waals surface area contributed by atoms with Gasteiger partial charge in [0.1, 0.15) is 0 Å². The number of carbonyl (C=O) groups is 2. The minimum atomic E-state index is -0.803. The van der Waals surface area contributed by atoms with E-state index >= 15 is 0 Å². The van der Waals surface area contributed by atoms with Gasteiger partial charge in [0, 0.05) is 26.6 Å². The summed E-state index contributed by atoms with van der Waals surface area (Å²) in [5, 5.41) is 11.5. The van der Waals surface area contributed by atoms with Crippen LogP contribution in [0.25, 0.3) is 0 Å². The molecule has 0 aromatic rings. The van der Waals surface area contributed by atoms with Crippen molar-refractivity contribution in [2.75, 3.05) is 19.6 Å². The van der Waals surface area contributed by atoms with E-state index in [1.165, 1.54) is 11.8 Å². The standard InChI is InChI=1S/C10H16N2O3/c1-6(13)11-3-2-7-8-4-12(10(14)15)5-9(7)8/h7-9H,2-5H2,1H3,(H,11,13)(H,14,15). The third kappa shape index (κ3) is 2.06. The van der Waals surface area contributed by atoms with Crippen molar-refractivity contribution >= 4 is 12.0 Å². The van der Waals surface area contributed by atoms with Crippen molar-refractivity contribution in [3.05, 3.63) is 0 Å². The first-order valence-corrected chi connectivity index (χ1v) is 5.32. The highest BCUT2D eigenvalue weighted by Gasteiger charge is 2.55. The molecule has 0 aromatic carbocycles. The van der Waals surface area contributed by atoms with Crippen molar-refractivity contribution in [3.63, 3.8) is 0 Å². The first-order chi connectivity index (χ1) is 7.09. The number of rotatable bonds is 3. The van der Waals surface area contributed by atoms with Gasteiger partial charge in [-0.3, -0.25) is 4.79 Å². The Kier molecular flexibility index (Phi) is 2.54. The monoisotopic (exact) mass is 212 g/mol. The zero-order valence-corrected chi connectivity index (χ0v) is 8.77. The van der Waals surface area contributed by atoms with Crippen LogP contribution in [-0.2, 0) is 4.79 Å². The molecule has 2 atom stereocenters. The molecular formula is C10H16N2O3. The Morgan fingerprint density at radius 2 is 2.00 bits per heavy atom. The summed E-state index contributed by atoms with van der Waals surface area (Å²) in [6, 6.07) is 0. The number of fused-ring (bicyclic) bond motifs is 1. The molecule has 84 valence electrons. The number of nitrogens with zero attached hydrogens (tertiary/aromatic N) is 1. The molecule has 5 heteroatoms. The Balaban J connectivity index is 1.66. The SMILES string of the molecule is CC(=O)NCCC1C2CN(C(=O)O)CC12. The Labute approximate surface area is 88.4 Å². The van der Waals surface area contributed by atoms with E-state index in [1.54, 1.807) is 0 Å². The zero-order valence-electron chi connectivity index (χ0n) is 8.77. The maximum atomic E-state index is 10.6. The third-order valence-electron chi connectivity index (χ3n) is 3.49. The molecule has 1 heterocycles. The second-order valence-electron chi connectivity index (χ2n) is 4.45. The van der Waals surface area contributed by atoms with Crippen LogP contribution in [0.15, 0.2) is 0 Å². The van der Waals surface area contributed by atoms with Crippen LogP contribution >= 0.6 is 0 Å². The number of carbonyl (C=O) groups excluding carboxylic acids is 1. The number of nitrogens with one attached hydrogen (secondary N) is 1. The highest BCUT2D eigenvalue weighted by molar-refractivity contribution is 5.72. The van der Waals surface area contributed by atoms with Crippen molar-refractivity contribution in [1.29, 1.82) is 0 Å². The topological polar surface area (TPSA) is 69.6 Å². The van der Waals surface area contributed by atoms with Crippen molar-refractivity contribution in [2.45, 2.75) is 13.3 Å². The summed E-state index contributed by atoms with van der Waals surface area (Å²) in [6.45, 7) is 3.61. The lowest BCUT2D eigenvalue weighted by molar-refractivity contribution is -0.118. The summed E-state index contributed by atoms with van der Waals surface area (Å²) < 4.78 is 0. The number of carboxylic acid groups (broad SMARTS) is 1. The second-order valence-corrected chi connectivity index (χ2v) is 4.45. The van der Waals surface area contributed by atoms with Gasteiger partial charge in [-0.2, -0.15) is 0 Å². The van der Waals surface area contributed by atoms with E-state index in [0.29, 0.717) is 30.8 Å². The van der Waals surface area contributed by atoms with E-state index in [2.05, 4.69) is 5.32 Å². The molecule has 2 unspecified atom stereocenters. The Bertz CT molecular complexity index is 280. The molecule has 1 aliphatic heterocycles. The maximum absolute atomic E-state index is 10.6. The van der Waals surface area contributed by atoms with Gasteiger partial charge in [-0.1, -0.05) is 0 Å². The lowest BCUT2D eigenvalue weighted by Gasteiger charge is -2.15. The van der Waals surface area contributed by atoms with Gasteiger partial charge < -0.3 is 15.3 Å². The molecule has 2 amide bonds. The van der Waals surface area contributed by atoms with Gasteiger partial charge in [0.2, 0.25) is 5.91 Å². The molecular weight excluding hydrogens is 196 g/mol. The van der Waals surface area contributed by atoms with Crippen molar-refractivity contribution in [3.8, 4) is 0 Å². The van der Waals surface area contributed by atoms with E-state index in [9.17, 15) is 9.59 Å². The van der Waals surface area contributed by atoms with Crippen LogP contribution in [0.4, 0.5) is 4.79 Å². The van der Waals surface area contributed by atoms with Gasteiger partial charge in [0.05, 0.1) is 0 Å². The van der Waals surface area contributed by atoms with Gasteiger partial charge in [-0.05, 0) is 24.2 Å². The average molecular weight is 212 g/mol. The van der Waals surface area contributed by atoms with E-state index in [0.717, 1.165) is 13.0 Å². The van der Waals surface area contributed by atoms with Crippen LogP contribution in [0.3, 0.4) is 0 Å². The molecule has 1 saturated heterocycles.